The highest BCUT2D eigenvalue weighted by atomic mass is 16.3. The number of hydrogen-bond donors (Lipinski definition) is 1. The Morgan fingerprint density at radius 2 is 2.19 bits per heavy atom. The predicted molar refractivity (Wildman–Crippen MR) is 103 cm³/mol. The van der Waals surface area contributed by atoms with Gasteiger partial charge in [-0.25, -0.2) is 4.98 Å². The number of aryl methyl sites for hydroxylation is 1. The molecule has 0 aliphatic carbocycles. The largest absolute Gasteiger partial charge is 0.394 e. The first-order valence-corrected chi connectivity index (χ1v) is 9.16. The van der Waals surface area contributed by atoms with E-state index in [0.717, 1.165) is 36.3 Å². The van der Waals surface area contributed by atoms with E-state index < -0.39 is 0 Å². The number of aliphatic hydroxyl groups is 1. The number of aliphatic hydroxyl groups excluding tert-OH is 1. The normalized spacial score (nSPS) is 15.3. The van der Waals surface area contributed by atoms with Gasteiger partial charge in [-0.2, -0.15) is 5.10 Å². The third-order valence-corrected chi connectivity index (χ3v) is 4.89. The van der Waals surface area contributed by atoms with E-state index in [1.807, 2.05) is 31.5 Å². The van der Waals surface area contributed by atoms with Crippen molar-refractivity contribution in [2.45, 2.75) is 26.4 Å². The Balaban J connectivity index is 1.47. The highest BCUT2D eigenvalue weighted by Gasteiger charge is 2.15. The molecule has 3 aromatic rings. The molecule has 4 rings (SSSR count). The van der Waals surface area contributed by atoms with Gasteiger partial charge in [0.25, 0.3) is 5.56 Å². The summed E-state index contributed by atoms with van der Waals surface area (Å²) in [5.41, 5.74) is 4.93. The Labute approximate surface area is 157 Å². The molecule has 7 nitrogen and oxygen atoms in total. The van der Waals surface area contributed by atoms with Crippen molar-refractivity contribution in [1.82, 2.24) is 24.1 Å². The SMILES string of the molecule is Cc1ccn2c(=O)cc(CN3CC=C(c4cnn(CCO)c4)CC3)nc2c1. The predicted octanol–water partition coefficient (Wildman–Crippen LogP) is 1.48. The summed E-state index contributed by atoms with van der Waals surface area (Å²) in [4.78, 5) is 19.3. The molecule has 0 fully saturated rings. The molecule has 140 valence electrons. The van der Waals surface area contributed by atoms with Crippen LogP contribution in [0.25, 0.3) is 11.2 Å². The van der Waals surface area contributed by atoms with E-state index in [9.17, 15) is 4.79 Å². The van der Waals surface area contributed by atoms with Crippen molar-refractivity contribution in [3.8, 4) is 0 Å². The van der Waals surface area contributed by atoms with Gasteiger partial charge in [-0.3, -0.25) is 18.8 Å². The van der Waals surface area contributed by atoms with Gasteiger partial charge in [0.15, 0.2) is 0 Å². The van der Waals surface area contributed by atoms with Gasteiger partial charge >= 0.3 is 0 Å². The maximum atomic E-state index is 12.3. The van der Waals surface area contributed by atoms with Crippen molar-refractivity contribution in [1.29, 1.82) is 0 Å². The monoisotopic (exact) mass is 365 g/mol. The molecule has 7 heteroatoms. The molecule has 0 spiro atoms. The van der Waals surface area contributed by atoms with Crippen molar-refractivity contribution in [3.63, 3.8) is 0 Å². The smallest absolute Gasteiger partial charge is 0.258 e. The lowest BCUT2D eigenvalue weighted by molar-refractivity contribution is 0.269. The van der Waals surface area contributed by atoms with Crippen LogP contribution in [0.4, 0.5) is 0 Å². The van der Waals surface area contributed by atoms with Crippen LogP contribution in [0.2, 0.25) is 0 Å². The topological polar surface area (TPSA) is 75.7 Å². The Hall–Kier alpha value is -2.77. The molecule has 0 amide bonds. The second-order valence-corrected chi connectivity index (χ2v) is 6.95. The average Bonchev–Trinajstić information content (AvgIpc) is 3.11. The van der Waals surface area contributed by atoms with Crippen molar-refractivity contribution in [2.75, 3.05) is 19.7 Å². The molecule has 0 saturated heterocycles. The summed E-state index contributed by atoms with van der Waals surface area (Å²) in [6.45, 7) is 4.99. The van der Waals surface area contributed by atoms with E-state index in [-0.39, 0.29) is 12.2 Å². The zero-order valence-corrected chi connectivity index (χ0v) is 15.4. The van der Waals surface area contributed by atoms with E-state index in [4.69, 9.17) is 5.11 Å². The molecule has 3 aromatic heterocycles. The fourth-order valence-electron chi connectivity index (χ4n) is 3.43. The molecule has 0 radical (unpaired) electrons. The molecule has 0 atom stereocenters. The quantitative estimate of drug-likeness (QED) is 0.741. The van der Waals surface area contributed by atoms with Gasteiger partial charge in [0.1, 0.15) is 5.65 Å². The fraction of sp³-hybridized carbons (Fsp3) is 0.350. The number of aromatic nitrogens is 4. The molecule has 1 N–H and O–H groups in total. The van der Waals surface area contributed by atoms with Crippen LogP contribution in [0.15, 0.2) is 47.7 Å². The lowest BCUT2D eigenvalue weighted by atomic mass is 10.0. The zero-order chi connectivity index (χ0) is 18.8. The lowest BCUT2D eigenvalue weighted by Gasteiger charge is -2.25. The van der Waals surface area contributed by atoms with Crippen LogP contribution in [0.3, 0.4) is 0 Å². The number of hydrogen-bond acceptors (Lipinski definition) is 5. The Morgan fingerprint density at radius 3 is 2.96 bits per heavy atom. The number of fused-ring (bicyclic) bond motifs is 1. The van der Waals surface area contributed by atoms with Crippen molar-refractivity contribution < 1.29 is 5.11 Å². The van der Waals surface area contributed by atoms with Crippen LogP contribution in [-0.4, -0.2) is 48.9 Å². The maximum absolute atomic E-state index is 12.3. The van der Waals surface area contributed by atoms with Crippen molar-refractivity contribution in [3.05, 3.63) is 70.0 Å². The van der Waals surface area contributed by atoms with Gasteiger partial charge < -0.3 is 5.11 Å². The summed E-state index contributed by atoms with van der Waals surface area (Å²) < 4.78 is 3.34. The van der Waals surface area contributed by atoms with Gasteiger partial charge in [0.05, 0.1) is 25.0 Å². The molecular weight excluding hydrogens is 342 g/mol. The molecule has 0 unspecified atom stereocenters. The van der Waals surface area contributed by atoms with E-state index in [1.165, 1.54) is 5.57 Å². The van der Waals surface area contributed by atoms with Gasteiger partial charge in [-0.05, 0) is 36.6 Å². The summed E-state index contributed by atoms with van der Waals surface area (Å²) in [5.74, 6) is 0. The Kier molecular flexibility index (Phi) is 4.87. The molecule has 1 aliphatic heterocycles. The van der Waals surface area contributed by atoms with Crippen LogP contribution in [-0.2, 0) is 13.1 Å². The van der Waals surface area contributed by atoms with Crippen LogP contribution in [0.5, 0.6) is 0 Å². The third kappa shape index (κ3) is 3.84. The standard InChI is InChI=1S/C20H23N5O2/c1-15-2-7-25-19(10-15)22-18(11-20(25)27)14-23-5-3-16(4-6-23)17-12-21-24(13-17)8-9-26/h2-3,7,10-13,26H,4-6,8-9,14H2,1H3. The number of nitrogens with zero attached hydrogens (tertiary/aromatic N) is 5. The van der Waals surface area contributed by atoms with Gasteiger partial charge in [0.2, 0.25) is 0 Å². The molecule has 1 aliphatic rings. The van der Waals surface area contributed by atoms with Gasteiger partial charge in [0, 0.05) is 43.7 Å². The fourth-order valence-corrected chi connectivity index (χ4v) is 3.43. The van der Waals surface area contributed by atoms with Crippen LogP contribution in [0, 0.1) is 6.92 Å². The number of rotatable bonds is 5. The lowest BCUT2D eigenvalue weighted by Crippen LogP contribution is -2.29. The summed E-state index contributed by atoms with van der Waals surface area (Å²) >= 11 is 0. The van der Waals surface area contributed by atoms with Gasteiger partial charge in [-0.1, -0.05) is 6.08 Å². The summed E-state index contributed by atoms with van der Waals surface area (Å²) in [5, 5.41) is 13.3. The highest BCUT2D eigenvalue weighted by molar-refractivity contribution is 5.65. The molecule has 0 aromatic carbocycles. The molecular formula is C20H23N5O2. The van der Waals surface area contributed by atoms with Crippen LogP contribution < -0.4 is 5.56 Å². The Morgan fingerprint density at radius 1 is 1.30 bits per heavy atom. The third-order valence-electron chi connectivity index (χ3n) is 4.89. The van der Waals surface area contributed by atoms with E-state index >= 15 is 0 Å². The minimum atomic E-state index is -0.0421. The minimum Gasteiger partial charge on any atom is -0.394 e. The number of pyridine rings is 1. The molecule has 27 heavy (non-hydrogen) atoms. The van der Waals surface area contributed by atoms with Gasteiger partial charge in [-0.15, -0.1) is 0 Å². The van der Waals surface area contributed by atoms with E-state index in [2.05, 4.69) is 21.1 Å². The average molecular weight is 365 g/mol. The van der Waals surface area contributed by atoms with Crippen LogP contribution in [0.1, 0.15) is 23.2 Å². The van der Waals surface area contributed by atoms with Crippen molar-refractivity contribution in [2.24, 2.45) is 0 Å². The van der Waals surface area contributed by atoms with Crippen molar-refractivity contribution >= 4 is 11.2 Å². The first kappa shape index (κ1) is 17.6. The van der Waals surface area contributed by atoms with Crippen LogP contribution >= 0.6 is 0 Å². The maximum Gasteiger partial charge on any atom is 0.258 e. The summed E-state index contributed by atoms with van der Waals surface area (Å²) in [6.07, 6.45) is 8.74. The zero-order valence-electron chi connectivity index (χ0n) is 15.4. The first-order chi connectivity index (χ1) is 13.1. The first-order valence-electron chi connectivity index (χ1n) is 9.16. The molecule has 4 heterocycles. The molecule has 0 bridgehead atoms. The highest BCUT2D eigenvalue weighted by Crippen LogP contribution is 2.22. The Bertz CT molecular complexity index is 1050. The molecule has 0 saturated carbocycles. The second kappa shape index (κ2) is 7.46. The summed E-state index contributed by atoms with van der Waals surface area (Å²) in [6, 6.07) is 5.47. The minimum absolute atomic E-state index is 0.0421. The van der Waals surface area contributed by atoms with E-state index in [1.54, 1.807) is 21.3 Å². The second-order valence-electron chi connectivity index (χ2n) is 6.95. The van der Waals surface area contributed by atoms with E-state index in [0.29, 0.717) is 18.7 Å². The summed E-state index contributed by atoms with van der Waals surface area (Å²) in [7, 11) is 0.